The Morgan fingerprint density at radius 1 is 0.769 bits per heavy atom. The lowest BCUT2D eigenvalue weighted by Gasteiger charge is -2.44. The molecule has 1 unspecified atom stereocenters. The molecule has 0 aromatic rings. The van der Waals surface area contributed by atoms with Gasteiger partial charge in [0.2, 0.25) is 0 Å². The Labute approximate surface area is 239 Å². The first-order chi connectivity index (χ1) is 19.1. The van der Waals surface area contributed by atoms with Crippen LogP contribution in [0.4, 0.5) is 0 Å². The normalized spacial score (nSPS) is 24.3. The van der Waals surface area contributed by atoms with Gasteiger partial charge in [0.05, 0.1) is 18.8 Å². The number of nitrogens with one attached hydrogen (secondary N) is 1. The zero-order chi connectivity index (χ0) is 28.6. The van der Waals surface area contributed by atoms with E-state index in [-0.39, 0.29) is 32.0 Å². The fraction of sp³-hybridized carbons (Fsp3) is 1.00. The van der Waals surface area contributed by atoms with Gasteiger partial charge in [-0.1, -0.05) is 90.9 Å². The second-order valence-corrected chi connectivity index (χ2v) is 11.0. The highest BCUT2D eigenvalue weighted by atomic mass is 16.7. The van der Waals surface area contributed by atoms with Crippen molar-refractivity contribution in [2.75, 3.05) is 46.1 Å². The van der Waals surface area contributed by atoms with Crippen molar-refractivity contribution in [2.45, 2.75) is 147 Å². The van der Waals surface area contributed by atoms with Gasteiger partial charge in [0.25, 0.3) is 0 Å². The van der Waals surface area contributed by atoms with Crippen LogP contribution in [0.5, 0.6) is 0 Å². The van der Waals surface area contributed by atoms with E-state index >= 15 is 0 Å². The maximum atomic E-state index is 10.3. The number of nitrogens with two attached hydrogens (primary N) is 2. The van der Waals surface area contributed by atoms with E-state index in [0.717, 1.165) is 25.7 Å². The molecule has 1 rings (SSSR count). The van der Waals surface area contributed by atoms with E-state index in [1.54, 1.807) is 0 Å². The van der Waals surface area contributed by atoms with Crippen LogP contribution in [-0.2, 0) is 18.9 Å². The van der Waals surface area contributed by atoms with Crippen molar-refractivity contribution in [3.63, 3.8) is 0 Å². The third-order valence-electron chi connectivity index (χ3n) is 7.39. The van der Waals surface area contributed by atoms with Crippen LogP contribution in [0.25, 0.3) is 0 Å². The third kappa shape index (κ3) is 17.3. The first-order valence-corrected chi connectivity index (χ1v) is 16.0. The van der Waals surface area contributed by atoms with Gasteiger partial charge in [-0.3, -0.25) is 0 Å². The van der Waals surface area contributed by atoms with Crippen LogP contribution in [0, 0.1) is 0 Å². The molecule has 0 radical (unpaired) electrons. The largest absolute Gasteiger partial charge is 0.396 e. The molecule has 0 aromatic carbocycles. The third-order valence-corrected chi connectivity index (χ3v) is 7.39. The van der Waals surface area contributed by atoms with Crippen LogP contribution in [-0.4, -0.2) is 93.0 Å². The fourth-order valence-corrected chi connectivity index (χ4v) is 4.97. The molecule has 9 heteroatoms. The van der Waals surface area contributed by atoms with Gasteiger partial charge in [-0.15, -0.1) is 0 Å². The lowest BCUT2D eigenvalue weighted by molar-refractivity contribution is -0.276. The fourth-order valence-electron chi connectivity index (χ4n) is 4.97. The number of aliphatic hydroxyl groups is 2. The molecule has 1 aliphatic rings. The maximum absolute atomic E-state index is 10.3. The summed E-state index contributed by atoms with van der Waals surface area (Å²) in [6.07, 6.45) is 15.1. The Morgan fingerprint density at radius 2 is 1.31 bits per heavy atom. The van der Waals surface area contributed by atoms with Gasteiger partial charge in [-0.2, -0.15) is 0 Å². The first-order valence-electron chi connectivity index (χ1n) is 16.0. The Kier molecular flexibility index (Phi) is 23.8. The minimum Gasteiger partial charge on any atom is -0.396 e. The van der Waals surface area contributed by atoms with Gasteiger partial charge in [0, 0.05) is 32.9 Å². The van der Waals surface area contributed by atoms with Crippen molar-refractivity contribution >= 4 is 0 Å². The number of ether oxygens (including phenoxy) is 4. The van der Waals surface area contributed by atoms with E-state index in [1.165, 1.54) is 64.2 Å². The molecular formula is C30H63N3O6. The van der Waals surface area contributed by atoms with Crippen molar-refractivity contribution < 1.29 is 29.2 Å². The molecule has 39 heavy (non-hydrogen) atoms. The molecule has 6 atom stereocenters. The van der Waals surface area contributed by atoms with Gasteiger partial charge in [-0.05, 0) is 25.8 Å². The summed E-state index contributed by atoms with van der Waals surface area (Å²) in [5.74, 6) is 0. The van der Waals surface area contributed by atoms with Crippen LogP contribution >= 0.6 is 0 Å². The Hall–Kier alpha value is -0.360. The quantitative estimate of drug-likeness (QED) is 0.0951. The Morgan fingerprint density at radius 3 is 1.85 bits per heavy atom. The number of aliphatic hydroxyl groups excluding tert-OH is 2. The Bertz CT molecular complexity index is 533. The van der Waals surface area contributed by atoms with Crippen molar-refractivity contribution in [3.8, 4) is 0 Å². The van der Waals surface area contributed by atoms with E-state index in [0.29, 0.717) is 32.7 Å². The molecule has 0 aliphatic carbocycles. The molecule has 0 spiro atoms. The van der Waals surface area contributed by atoms with Crippen LogP contribution in [0.2, 0.25) is 0 Å². The number of hydrogen-bond donors (Lipinski definition) is 5. The van der Waals surface area contributed by atoms with Crippen LogP contribution in [0.15, 0.2) is 0 Å². The van der Waals surface area contributed by atoms with E-state index < -0.39 is 24.5 Å². The molecule has 9 nitrogen and oxygen atoms in total. The zero-order valence-corrected chi connectivity index (χ0v) is 25.2. The van der Waals surface area contributed by atoms with E-state index in [4.69, 9.17) is 35.5 Å². The molecule has 7 N–H and O–H groups in total. The predicted molar refractivity (Wildman–Crippen MR) is 158 cm³/mol. The Balaban J connectivity index is 2.61. The summed E-state index contributed by atoms with van der Waals surface area (Å²) in [5.41, 5.74) is 12.7. The molecule has 0 aromatic heterocycles. The SMILES string of the molecule is CCCCCCCCCO[C@@H]1[C@@H](N)[C@@H](OCC(O)CNCCCO)O[C@H](CN)[C@H]1OCCCCCCCCC. The van der Waals surface area contributed by atoms with Crippen LogP contribution < -0.4 is 16.8 Å². The van der Waals surface area contributed by atoms with Gasteiger partial charge >= 0.3 is 0 Å². The van der Waals surface area contributed by atoms with Crippen LogP contribution in [0.3, 0.4) is 0 Å². The lowest BCUT2D eigenvalue weighted by Crippen LogP contribution is -2.65. The average molecular weight is 562 g/mol. The highest BCUT2D eigenvalue weighted by Crippen LogP contribution is 2.26. The number of unbranched alkanes of at least 4 members (excludes halogenated alkanes) is 12. The second kappa shape index (κ2) is 25.4. The zero-order valence-electron chi connectivity index (χ0n) is 25.2. The van der Waals surface area contributed by atoms with Crippen molar-refractivity contribution in [3.05, 3.63) is 0 Å². The van der Waals surface area contributed by atoms with Crippen molar-refractivity contribution in [1.82, 2.24) is 5.32 Å². The molecule has 1 heterocycles. The van der Waals surface area contributed by atoms with Gasteiger partial charge < -0.3 is 45.9 Å². The monoisotopic (exact) mass is 561 g/mol. The summed E-state index contributed by atoms with van der Waals surface area (Å²) in [6, 6.07) is -0.550. The summed E-state index contributed by atoms with van der Waals surface area (Å²) in [4.78, 5) is 0. The first kappa shape index (κ1) is 36.7. The lowest BCUT2D eigenvalue weighted by atomic mass is 9.96. The average Bonchev–Trinajstić information content (AvgIpc) is 2.94. The van der Waals surface area contributed by atoms with Crippen molar-refractivity contribution in [1.29, 1.82) is 0 Å². The summed E-state index contributed by atoms with van der Waals surface area (Å²) in [7, 11) is 0. The van der Waals surface area contributed by atoms with E-state index in [9.17, 15) is 5.11 Å². The topological polar surface area (TPSA) is 141 Å². The molecule has 1 aliphatic heterocycles. The number of rotatable bonds is 27. The molecule has 0 bridgehead atoms. The van der Waals surface area contributed by atoms with Gasteiger partial charge in [0.1, 0.15) is 18.3 Å². The minimum atomic E-state index is -0.733. The summed E-state index contributed by atoms with van der Waals surface area (Å²) < 4.78 is 24.7. The summed E-state index contributed by atoms with van der Waals surface area (Å²) in [5, 5.41) is 22.3. The predicted octanol–water partition coefficient (Wildman–Crippen LogP) is 3.62. The highest BCUT2D eigenvalue weighted by molar-refractivity contribution is 4.94. The van der Waals surface area contributed by atoms with E-state index in [2.05, 4.69) is 19.2 Å². The van der Waals surface area contributed by atoms with E-state index in [1.807, 2.05) is 0 Å². The molecule has 234 valence electrons. The molecule has 0 amide bonds. The summed E-state index contributed by atoms with van der Waals surface area (Å²) >= 11 is 0. The molecular weight excluding hydrogens is 498 g/mol. The molecule has 1 saturated heterocycles. The van der Waals surface area contributed by atoms with Crippen LogP contribution in [0.1, 0.15) is 110 Å². The molecule has 1 fully saturated rings. The van der Waals surface area contributed by atoms with Gasteiger partial charge in [-0.25, -0.2) is 0 Å². The smallest absolute Gasteiger partial charge is 0.175 e. The molecule has 0 saturated carbocycles. The minimum absolute atomic E-state index is 0.0792. The number of hydrogen-bond acceptors (Lipinski definition) is 9. The second-order valence-electron chi connectivity index (χ2n) is 11.0. The van der Waals surface area contributed by atoms with Crippen molar-refractivity contribution in [2.24, 2.45) is 11.5 Å². The van der Waals surface area contributed by atoms with Gasteiger partial charge in [0.15, 0.2) is 6.29 Å². The maximum Gasteiger partial charge on any atom is 0.175 e. The standard InChI is InChI=1S/C30H63N3O6/c1-3-5-7-9-11-13-15-20-36-28-26(22-31)39-30(38-24-25(35)23-33-18-17-19-34)27(32)29(28)37-21-16-14-12-10-8-6-4-2/h25-30,33-35H,3-24,31-32H2,1-2H3/t25?,26-,27-,28-,29-,30+/m1/s1. The highest BCUT2D eigenvalue weighted by Gasteiger charge is 2.46. The summed E-state index contributed by atoms with van der Waals surface area (Å²) in [6.45, 7) is 7.19.